The van der Waals surface area contributed by atoms with E-state index in [2.05, 4.69) is 0 Å². The largest absolute Gasteiger partial charge is 0.462 e. The number of esters is 1. The molecule has 0 aliphatic heterocycles. The third-order valence-electron chi connectivity index (χ3n) is 4.42. The topological polar surface area (TPSA) is 68.6 Å². The number of rotatable bonds is 5. The van der Waals surface area contributed by atoms with Crippen molar-refractivity contribution in [3.8, 4) is 0 Å². The van der Waals surface area contributed by atoms with Crippen molar-refractivity contribution in [1.29, 1.82) is 0 Å². The summed E-state index contributed by atoms with van der Waals surface area (Å²) in [6.45, 7) is 7.20. The summed E-state index contributed by atoms with van der Waals surface area (Å²) >= 11 is 0. The molecular formula is C18H24N2O4S. The number of hydrogen-bond donors (Lipinski definition) is 0. The highest BCUT2D eigenvalue weighted by atomic mass is 32.2. The molecule has 25 heavy (non-hydrogen) atoms. The van der Waals surface area contributed by atoms with Crippen LogP contribution in [0.2, 0.25) is 0 Å². The van der Waals surface area contributed by atoms with Crippen LogP contribution in [0.4, 0.5) is 5.69 Å². The molecule has 1 aromatic carbocycles. The molecule has 0 aliphatic carbocycles. The third-order valence-corrected chi connectivity index (χ3v) is 6.37. The number of nitrogens with zero attached hydrogens (tertiary/aromatic N) is 2. The standard InChI is InChI=1S/C18H24N2O4S/c1-7-24-18(21)16-13(3)19(5)14(4)17(16)25(22,23)20(6)15-10-8-12(2)9-11-15/h8-11H,7H2,1-6H3. The Morgan fingerprint density at radius 1 is 1.12 bits per heavy atom. The fourth-order valence-corrected chi connectivity index (χ4v) is 4.38. The van der Waals surface area contributed by atoms with Crippen LogP contribution < -0.4 is 4.31 Å². The van der Waals surface area contributed by atoms with Crippen LogP contribution in [0.3, 0.4) is 0 Å². The molecule has 0 aliphatic rings. The zero-order chi connectivity index (χ0) is 18.9. The van der Waals surface area contributed by atoms with E-state index < -0.39 is 16.0 Å². The van der Waals surface area contributed by atoms with Gasteiger partial charge in [-0.25, -0.2) is 13.2 Å². The van der Waals surface area contributed by atoms with Gasteiger partial charge in [0.15, 0.2) is 0 Å². The van der Waals surface area contributed by atoms with Gasteiger partial charge in [-0.1, -0.05) is 17.7 Å². The highest BCUT2D eigenvalue weighted by molar-refractivity contribution is 7.93. The molecule has 1 aromatic heterocycles. The zero-order valence-corrected chi connectivity index (χ0v) is 16.3. The number of carbonyl (C=O) groups is 1. The molecule has 0 spiro atoms. The summed E-state index contributed by atoms with van der Waals surface area (Å²) in [7, 11) is -0.702. The van der Waals surface area contributed by atoms with E-state index in [1.807, 2.05) is 19.1 Å². The second kappa shape index (κ2) is 6.92. The average Bonchev–Trinajstić information content (AvgIpc) is 2.80. The summed E-state index contributed by atoms with van der Waals surface area (Å²) < 4.78 is 34.4. The lowest BCUT2D eigenvalue weighted by atomic mass is 10.2. The van der Waals surface area contributed by atoms with Crippen LogP contribution in [0.15, 0.2) is 29.2 Å². The summed E-state index contributed by atoms with van der Waals surface area (Å²) in [6.07, 6.45) is 0. The maximum Gasteiger partial charge on any atom is 0.341 e. The number of hydrogen-bond acceptors (Lipinski definition) is 4. The number of aromatic nitrogens is 1. The van der Waals surface area contributed by atoms with Gasteiger partial charge in [-0.15, -0.1) is 0 Å². The van der Waals surface area contributed by atoms with Crippen LogP contribution in [0.5, 0.6) is 0 Å². The zero-order valence-electron chi connectivity index (χ0n) is 15.5. The van der Waals surface area contributed by atoms with Gasteiger partial charge in [-0.05, 0) is 39.8 Å². The van der Waals surface area contributed by atoms with Gasteiger partial charge in [-0.2, -0.15) is 0 Å². The molecule has 0 saturated carbocycles. The van der Waals surface area contributed by atoms with Crippen LogP contribution in [0, 0.1) is 20.8 Å². The molecule has 0 N–H and O–H groups in total. The van der Waals surface area contributed by atoms with Crippen molar-refractivity contribution >= 4 is 21.7 Å². The van der Waals surface area contributed by atoms with Gasteiger partial charge in [0.2, 0.25) is 0 Å². The normalized spacial score (nSPS) is 11.4. The smallest absolute Gasteiger partial charge is 0.341 e. The Hall–Kier alpha value is -2.28. The number of anilines is 1. The van der Waals surface area contributed by atoms with E-state index in [9.17, 15) is 13.2 Å². The van der Waals surface area contributed by atoms with Crippen LogP contribution in [0.25, 0.3) is 0 Å². The summed E-state index contributed by atoms with van der Waals surface area (Å²) in [4.78, 5) is 12.4. The second-order valence-corrected chi connectivity index (χ2v) is 7.87. The van der Waals surface area contributed by atoms with Crippen molar-refractivity contribution in [1.82, 2.24) is 4.57 Å². The van der Waals surface area contributed by atoms with E-state index in [0.717, 1.165) is 5.56 Å². The van der Waals surface area contributed by atoms with Gasteiger partial charge in [0, 0.05) is 25.5 Å². The SMILES string of the molecule is CCOC(=O)c1c(S(=O)(=O)N(C)c2ccc(C)cc2)c(C)n(C)c1C. The first-order chi connectivity index (χ1) is 11.6. The van der Waals surface area contributed by atoms with Crippen molar-refractivity contribution < 1.29 is 17.9 Å². The van der Waals surface area contributed by atoms with Gasteiger partial charge in [0.25, 0.3) is 10.0 Å². The fourth-order valence-electron chi connectivity index (χ4n) is 2.71. The third kappa shape index (κ3) is 3.28. The first-order valence-corrected chi connectivity index (χ1v) is 9.45. The highest BCUT2D eigenvalue weighted by Crippen LogP contribution is 2.31. The van der Waals surface area contributed by atoms with E-state index in [4.69, 9.17) is 4.74 Å². The van der Waals surface area contributed by atoms with Gasteiger partial charge in [0.05, 0.1) is 12.3 Å². The number of carbonyl (C=O) groups excluding carboxylic acids is 1. The summed E-state index contributed by atoms with van der Waals surface area (Å²) in [5.74, 6) is -0.625. The Morgan fingerprint density at radius 3 is 2.20 bits per heavy atom. The lowest BCUT2D eigenvalue weighted by molar-refractivity contribution is 0.0521. The Kier molecular flexibility index (Phi) is 5.27. The van der Waals surface area contributed by atoms with Crippen molar-refractivity contribution in [3.05, 3.63) is 46.8 Å². The minimum atomic E-state index is -3.92. The van der Waals surface area contributed by atoms with Crippen LogP contribution in [-0.4, -0.2) is 32.6 Å². The molecule has 136 valence electrons. The van der Waals surface area contributed by atoms with E-state index in [1.165, 1.54) is 11.4 Å². The fraction of sp³-hybridized carbons (Fsp3) is 0.389. The minimum absolute atomic E-state index is 0.00553. The van der Waals surface area contributed by atoms with E-state index in [1.54, 1.807) is 44.5 Å². The minimum Gasteiger partial charge on any atom is -0.462 e. The summed E-state index contributed by atoms with van der Waals surface area (Å²) in [5, 5.41) is 0. The number of benzene rings is 1. The Bertz CT molecular complexity index is 896. The predicted molar refractivity (Wildman–Crippen MR) is 97.6 cm³/mol. The van der Waals surface area contributed by atoms with Gasteiger partial charge >= 0.3 is 5.97 Å². The van der Waals surface area contributed by atoms with Crippen molar-refractivity contribution in [2.24, 2.45) is 7.05 Å². The first kappa shape index (κ1) is 19.1. The molecule has 7 heteroatoms. The molecule has 6 nitrogen and oxygen atoms in total. The molecule has 0 radical (unpaired) electrons. The lowest BCUT2D eigenvalue weighted by Gasteiger charge is -2.20. The van der Waals surface area contributed by atoms with Crippen molar-refractivity contribution in [2.45, 2.75) is 32.6 Å². The maximum absolute atomic E-state index is 13.2. The van der Waals surface area contributed by atoms with Gasteiger partial charge in [0.1, 0.15) is 10.5 Å². The lowest BCUT2D eigenvalue weighted by Crippen LogP contribution is -2.28. The quantitative estimate of drug-likeness (QED) is 0.765. The molecule has 0 fully saturated rings. The molecule has 0 bridgehead atoms. The molecule has 0 saturated heterocycles. The monoisotopic (exact) mass is 364 g/mol. The first-order valence-electron chi connectivity index (χ1n) is 8.01. The average molecular weight is 364 g/mol. The summed E-state index contributed by atoms with van der Waals surface area (Å²) in [6, 6.07) is 7.16. The Labute approximate surface area is 149 Å². The Morgan fingerprint density at radius 2 is 1.68 bits per heavy atom. The van der Waals surface area contributed by atoms with Gasteiger partial charge < -0.3 is 9.30 Å². The predicted octanol–water partition coefficient (Wildman–Crippen LogP) is 2.95. The van der Waals surface area contributed by atoms with E-state index >= 15 is 0 Å². The maximum atomic E-state index is 13.2. The molecule has 1 heterocycles. The molecule has 2 aromatic rings. The van der Waals surface area contributed by atoms with Crippen LogP contribution in [-0.2, 0) is 21.8 Å². The van der Waals surface area contributed by atoms with Crippen molar-refractivity contribution in [3.63, 3.8) is 0 Å². The van der Waals surface area contributed by atoms with E-state index in [0.29, 0.717) is 17.1 Å². The molecular weight excluding hydrogens is 340 g/mol. The molecule has 0 unspecified atom stereocenters. The second-order valence-electron chi connectivity index (χ2n) is 5.96. The van der Waals surface area contributed by atoms with Crippen molar-refractivity contribution in [2.75, 3.05) is 18.0 Å². The number of aryl methyl sites for hydroxylation is 1. The molecule has 0 atom stereocenters. The highest BCUT2D eigenvalue weighted by Gasteiger charge is 2.34. The molecule has 2 rings (SSSR count). The Balaban J connectivity index is 2.65. The molecule has 0 amide bonds. The van der Waals surface area contributed by atoms with Crippen LogP contribution in [0.1, 0.15) is 34.2 Å². The number of sulfonamides is 1. The van der Waals surface area contributed by atoms with Crippen LogP contribution >= 0.6 is 0 Å². The van der Waals surface area contributed by atoms with Gasteiger partial charge in [-0.3, -0.25) is 4.31 Å². The van der Waals surface area contributed by atoms with E-state index in [-0.39, 0.29) is 17.1 Å². The summed E-state index contributed by atoms with van der Waals surface area (Å²) in [5.41, 5.74) is 2.72. The number of ether oxygens (including phenoxy) is 1.